The van der Waals surface area contributed by atoms with Crippen molar-refractivity contribution < 1.29 is 27.5 Å². The summed E-state index contributed by atoms with van der Waals surface area (Å²) in [6.07, 6.45) is 4.64. The van der Waals surface area contributed by atoms with Crippen LogP contribution in [0.4, 0.5) is 0 Å². The molecule has 2 fully saturated rings. The van der Waals surface area contributed by atoms with E-state index in [0.717, 1.165) is 32.1 Å². The quantitative estimate of drug-likeness (QED) is 0.628. The second-order valence-corrected chi connectivity index (χ2v) is 9.84. The van der Waals surface area contributed by atoms with Gasteiger partial charge in [0.15, 0.2) is 0 Å². The molecule has 31 heavy (non-hydrogen) atoms. The maximum atomic E-state index is 13.2. The van der Waals surface area contributed by atoms with Gasteiger partial charge in [-0.2, -0.15) is 4.31 Å². The fourth-order valence-electron chi connectivity index (χ4n) is 4.01. The summed E-state index contributed by atoms with van der Waals surface area (Å²) < 4.78 is 38.5. The van der Waals surface area contributed by atoms with Gasteiger partial charge >= 0.3 is 11.8 Å². The molecule has 3 rings (SSSR count). The van der Waals surface area contributed by atoms with Gasteiger partial charge in [-0.25, -0.2) is 8.42 Å². The van der Waals surface area contributed by atoms with E-state index in [4.69, 9.17) is 9.47 Å². The molecule has 1 aromatic carbocycles. The van der Waals surface area contributed by atoms with Crippen LogP contribution >= 0.6 is 0 Å². The van der Waals surface area contributed by atoms with Crippen LogP contribution in [0.15, 0.2) is 23.1 Å². The molecule has 1 aromatic rings. The molecule has 1 aliphatic heterocycles. The van der Waals surface area contributed by atoms with Crippen LogP contribution < -0.4 is 15.4 Å². The summed E-state index contributed by atoms with van der Waals surface area (Å²) in [5, 5.41) is 5.28. The highest BCUT2D eigenvalue weighted by molar-refractivity contribution is 7.89. The number of ether oxygens (including phenoxy) is 2. The average molecular weight is 454 g/mol. The molecule has 10 heteroatoms. The van der Waals surface area contributed by atoms with E-state index >= 15 is 0 Å². The smallest absolute Gasteiger partial charge is 0.309 e. The van der Waals surface area contributed by atoms with Crippen molar-refractivity contribution >= 4 is 21.8 Å². The average Bonchev–Trinajstić information content (AvgIpc) is 2.78. The topological polar surface area (TPSA) is 114 Å². The van der Waals surface area contributed by atoms with Crippen molar-refractivity contribution in [3.05, 3.63) is 23.8 Å². The first-order chi connectivity index (χ1) is 14.8. The van der Waals surface area contributed by atoms with Crippen molar-refractivity contribution in [1.29, 1.82) is 0 Å². The van der Waals surface area contributed by atoms with Crippen molar-refractivity contribution in [3.8, 4) is 5.75 Å². The van der Waals surface area contributed by atoms with Crippen LogP contribution in [0.25, 0.3) is 0 Å². The molecular formula is C21H31N3O6S. The molecule has 0 spiro atoms. The number of hydrogen-bond donors (Lipinski definition) is 2. The first kappa shape index (κ1) is 23.5. The van der Waals surface area contributed by atoms with Gasteiger partial charge in [-0.3, -0.25) is 9.59 Å². The number of carbonyl (C=O) groups excluding carboxylic acids is 2. The number of aryl methyl sites for hydroxylation is 1. The predicted molar refractivity (Wildman–Crippen MR) is 114 cm³/mol. The SMILES string of the molecule is COc1ccc(S(=O)(=O)N2CCCO[C@H]2CNC(=O)C(=O)NC2CCCCC2)cc1C. The molecule has 0 aromatic heterocycles. The van der Waals surface area contributed by atoms with Gasteiger partial charge in [-0.15, -0.1) is 0 Å². The minimum Gasteiger partial charge on any atom is -0.496 e. The largest absolute Gasteiger partial charge is 0.496 e. The summed E-state index contributed by atoms with van der Waals surface area (Å²) in [4.78, 5) is 24.5. The molecule has 2 N–H and O–H groups in total. The number of carbonyl (C=O) groups is 2. The molecule has 2 aliphatic rings. The monoisotopic (exact) mass is 453 g/mol. The Morgan fingerprint density at radius 1 is 1.16 bits per heavy atom. The van der Waals surface area contributed by atoms with E-state index in [2.05, 4.69) is 10.6 Å². The lowest BCUT2D eigenvalue weighted by Gasteiger charge is -2.34. The van der Waals surface area contributed by atoms with E-state index in [1.165, 1.54) is 17.5 Å². The number of methoxy groups -OCH3 is 1. The lowest BCUT2D eigenvalue weighted by molar-refractivity contribution is -0.140. The summed E-state index contributed by atoms with van der Waals surface area (Å²) in [6, 6.07) is 4.67. The summed E-state index contributed by atoms with van der Waals surface area (Å²) in [5.41, 5.74) is 0.700. The Hall–Kier alpha value is -2.17. The lowest BCUT2D eigenvalue weighted by atomic mass is 9.95. The summed E-state index contributed by atoms with van der Waals surface area (Å²) in [6.45, 7) is 2.31. The third-order valence-electron chi connectivity index (χ3n) is 5.71. The molecule has 1 heterocycles. The van der Waals surface area contributed by atoms with Gasteiger partial charge in [-0.1, -0.05) is 19.3 Å². The van der Waals surface area contributed by atoms with Crippen molar-refractivity contribution in [2.75, 3.05) is 26.8 Å². The zero-order valence-corrected chi connectivity index (χ0v) is 18.9. The Morgan fingerprint density at radius 2 is 1.90 bits per heavy atom. The van der Waals surface area contributed by atoms with Crippen LogP contribution in [0, 0.1) is 6.92 Å². The Kier molecular flexibility index (Phi) is 7.90. The molecule has 2 amide bonds. The van der Waals surface area contributed by atoms with Crippen LogP contribution in [0.5, 0.6) is 5.75 Å². The van der Waals surface area contributed by atoms with Gasteiger partial charge in [-0.05, 0) is 49.9 Å². The fraction of sp³-hybridized carbons (Fsp3) is 0.619. The van der Waals surface area contributed by atoms with Crippen molar-refractivity contribution in [2.24, 2.45) is 0 Å². The first-order valence-electron chi connectivity index (χ1n) is 10.7. The van der Waals surface area contributed by atoms with Gasteiger partial charge in [0.1, 0.15) is 12.0 Å². The van der Waals surface area contributed by atoms with Gasteiger partial charge in [0, 0.05) is 12.6 Å². The van der Waals surface area contributed by atoms with E-state index in [1.54, 1.807) is 19.1 Å². The second-order valence-electron chi connectivity index (χ2n) is 7.94. The predicted octanol–water partition coefficient (Wildman–Crippen LogP) is 1.31. The van der Waals surface area contributed by atoms with Crippen LogP contribution in [0.1, 0.15) is 44.1 Å². The number of nitrogens with zero attached hydrogens (tertiary/aromatic N) is 1. The Morgan fingerprint density at radius 3 is 2.58 bits per heavy atom. The van der Waals surface area contributed by atoms with E-state index in [-0.39, 0.29) is 24.0 Å². The molecule has 9 nitrogen and oxygen atoms in total. The summed E-state index contributed by atoms with van der Waals surface area (Å²) in [5.74, 6) is -0.873. The molecule has 0 unspecified atom stereocenters. The number of hydrogen-bond acceptors (Lipinski definition) is 6. The lowest BCUT2D eigenvalue weighted by Crippen LogP contribution is -2.53. The van der Waals surface area contributed by atoms with Gasteiger partial charge in [0.25, 0.3) is 0 Å². The normalized spacial score (nSPS) is 20.8. The van der Waals surface area contributed by atoms with Gasteiger partial charge in [0.05, 0.1) is 25.2 Å². The third kappa shape index (κ3) is 5.75. The minimum atomic E-state index is -3.85. The van der Waals surface area contributed by atoms with Crippen molar-refractivity contribution in [1.82, 2.24) is 14.9 Å². The Balaban J connectivity index is 1.64. The molecule has 172 valence electrons. The number of nitrogens with one attached hydrogen (secondary N) is 2. The number of rotatable bonds is 6. The van der Waals surface area contributed by atoms with Crippen molar-refractivity contribution in [3.63, 3.8) is 0 Å². The maximum Gasteiger partial charge on any atom is 0.309 e. The highest BCUT2D eigenvalue weighted by Crippen LogP contribution is 2.26. The molecule has 1 aliphatic carbocycles. The molecule has 0 radical (unpaired) electrons. The maximum absolute atomic E-state index is 13.2. The summed E-state index contributed by atoms with van der Waals surface area (Å²) in [7, 11) is -2.32. The minimum absolute atomic E-state index is 0.0214. The Bertz CT molecular complexity index is 898. The number of benzene rings is 1. The van der Waals surface area contributed by atoms with Crippen LogP contribution in [0.2, 0.25) is 0 Å². The molecule has 0 bridgehead atoms. The standard InChI is InChI=1S/C21H31N3O6S/c1-15-13-17(9-10-18(15)29-2)31(27,28)24-11-6-12-30-19(24)14-22-20(25)21(26)23-16-7-4-3-5-8-16/h9-10,13,16,19H,3-8,11-12,14H2,1-2H3,(H,22,25)(H,23,26)/t19-/m0/s1. The highest BCUT2D eigenvalue weighted by Gasteiger charge is 2.35. The van der Waals surface area contributed by atoms with Crippen LogP contribution in [0.3, 0.4) is 0 Å². The zero-order valence-electron chi connectivity index (χ0n) is 18.1. The molecular weight excluding hydrogens is 422 g/mol. The Labute approximate surface area is 183 Å². The van der Waals surface area contributed by atoms with Crippen LogP contribution in [-0.4, -0.2) is 63.6 Å². The highest BCUT2D eigenvalue weighted by atomic mass is 32.2. The van der Waals surface area contributed by atoms with E-state index in [0.29, 0.717) is 24.3 Å². The zero-order chi connectivity index (χ0) is 22.4. The van der Waals surface area contributed by atoms with Crippen LogP contribution in [-0.2, 0) is 24.3 Å². The number of sulfonamides is 1. The van der Waals surface area contributed by atoms with Crippen molar-refractivity contribution in [2.45, 2.75) is 62.6 Å². The number of amides is 2. The van der Waals surface area contributed by atoms with E-state index in [9.17, 15) is 18.0 Å². The van der Waals surface area contributed by atoms with E-state index in [1.807, 2.05) is 0 Å². The van der Waals surface area contributed by atoms with E-state index < -0.39 is 28.1 Å². The second kappa shape index (κ2) is 10.4. The molecule has 1 saturated heterocycles. The summed E-state index contributed by atoms with van der Waals surface area (Å²) >= 11 is 0. The fourth-order valence-corrected chi connectivity index (χ4v) is 5.66. The van der Waals surface area contributed by atoms with Gasteiger partial charge < -0.3 is 20.1 Å². The van der Waals surface area contributed by atoms with Gasteiger partial charge in [0.2, 0.25) is 10.0 Å². The third-order valence-corrected chi connectivity index (χ3v) is 7.60. The first-order valence-corrected chi connectivity index (χ1v) is 12.1. The molecule has 1 saturated carbocycles. The molecule has 1 atom stereocenters.